The maximum atomic E-state index is 12.1. The number of benzene rings is 1. The Labute approximate surface area is 137 Å². The maximum absolute atomic E-state index is 12.1. The normalized spacial score (nSPS) is 15.2. The first-order valence-corrected chi connectivity index (χ1v) is 7.60. The number of para-hydroxylation sites is 1. The molecule has 1 aliphatic carbocycles. The Bertz CT molecular complexity index is 770. The van der Waals surface area contributed by atoms with Gasteiger partial charge in [0.05, 0.1) is 10.7 Å². The summed E-state index contributed by atoms with van der Waals surface area (Å²) in [5, 5.41) is 16.0. The van der Waals surface area contributed by atoms with E-state index in [9.17, 15) is 9.59 Å². The molecule has 0 unspecified atom stereocenters. The van der Waals surface area contributed by atoms with Crippen molar-refractivity contribution in [1.82, 2.24) is 20.1 Å². The van der Waals surface area contributed by atoms with Gasteiger partial charge in [0.1, 0.15) is 11.9 Å². The summed E-state index contributed by atoms with van der Waals surface area (Å²) >= 11 is 6.20. The van der Waals surface area contributed by atoms with E-state index in [0.29, 0.717) is 16.5 Å². The number of carboxylic acid groups (broad SMARTS) is 1. The van der Waals surface area contributed by atoms with E-state index in [2.05, 4.69) is 15.4 Å². The summed E-state index contributed by atoms with van der Waals surface area (Å²) in [6.45, 7) is 1.38. The first kappa shape index (κ1) is 15.5. The van der Waals surface area contributed by atoms with Crippen molar-refractivity contribution >= 4 is 23.5 Å². The lowest BCUT2D eigenvalue weighted by atomic mass is 10.3. The fraction of sp³-hybridized carbons (Fsp3) is 0.333. The van der Waals surface area contributed by atoms with Crippen molar-refractivity contribution in [3.8, 4) is 5.69 Å². The quantitative estimate of drug-likeness (QED) is 0.871. The first-order chi connectivity index (χ1) is 11.0. The predicted molar refractivity (Wildman–Crippen MR) is 82.9 cm³/mol. The van der Waals surface area contributed by atoms with E-state index in [0.717, 1.165) is 12.8 Å². The van der Waals surface area contributed by atoms with Crippen LogP contribution in [-0.4, -0.2) is 37.8 Å². The number of aliphatic carboxylic acids is 1. The molecule has 23 heavy (non-hydrogen) atoms. The minimum Gasteiger partial charge on any atom is -0.480 e. The first-order valence-electron chi connectivity index (χ1n) is 7.23. The summed E-state index contributed by atoms with van der Waals surface area (Å²) in [6.07, 6.45) is 1.96. The van der Waals surface area contributed by atoms with E-state index >= 15 is 0 Å². The van der Waals surface area contributed by atoms with Crippen molar-refractivity contribution in [3.63, 3.8) is 0 Å². The summed E-state index contributed by atoms with van der Waals surface area (Å²) in [6, 6.07) is 6.15. The smallest absolute Gasteiger partial charge is 0.325 e. The molecule has 1 atom stereocenters. The molecule has 1 aliphatic rings. The molecule has 0 saturated heterocycles. The lowest BCUT2D eigenvalue weighted by Gasteiger charge is -2.07. The Balaban J connectivity index is 1.95. The van der Waals surface area contributed by atoms with Crippen molar-refractivity contribution in [2.24, 2.45) is 0 Å². The third-order valence-corrected chi connectivity index (χ3v) is 3.90. The van der Waals surface area contributed by atoms with Gasteiger partial charge in [0, 0.05) is 5.92 Å². The minimum absolute atomic E-state index is 0.0556. The highest BCUT2D eigenvalue weighted by molar-refractivity contribution is 6.32. The molecular formula is C15H15ClN4O3. The molecule has 0 spiro atoms. The van der Waals surface area contributed by atoms with Crippen molar-refractivity contribution in [1.29, 1.82) is 0 Å². The molecule has 1 saturated carbocycles. The van der Waals surface area contributed by atoms with Gasteiger partial charge in [0.2, 0.25) is 5.82 Å². The van der Waals surface area contributed by atoms with Crippen LogP contribution in [0.25, 0.3) is 5.69 Å². The van der Waals surface area contributed by atoms with Gasteiger partial charge in [-0.3, -0.25) is 9.59 Å². The molecule has 2 N–H and O–H groups in total. The molecular weight excluding hydrogens is 320 g/mol. The number of halogens is 1. The molecule has 3 rings (SSSR count). The minimum atomic E-state index is -1.12. The van der Waals surface area contributed by atoms with Crippen molar-refractivity contribution in [2.45, 2.75) is 31.7 Å². The molecule has 120 valence electrons. The molecule has 0 aliphatic heterocycles. The van der Waals surface area contributed by atoms with E-state index in [4.69, 9.17) is 16.7 Å². The molecule has 1 aromatic heterocycles. The van der Waals surface area contributed by atoms with E-state index in [1.807, 2.05) is 12.1 Å². The van der Waals surface area contributed by atoms with Gasteiger partial charge in [0.25, 0.3) is 5.91 Å². The number of carbonyl (C=O) groups excluding carboxylic acids is 1. The average molecular weight is 335 g/mol. The number of carboxylic acids is 1. The summed E-state index contributed by atoms with van der Waals surface area (Å²) in [4.78, 5) is 27.3. The number of carbonyl (C=O) groups is 2. The van der Waals surface area contributed by atoms with Crippen molar-refractivity contribution < 1.29 is 14.7 Å². The number of amides is 1. The van der Waals surface area contributed by atoms with Crippen LogP contribution in [0, 0.1) is 0 Å². The average Bonchev–Trinajstić information content (AvgIpc) is 3.26. The Hall–Kier alpha value is -2.41. The number of nitrogens with zero attached hydrogens (tertiary/aromatic N) is 3. The summed E-state index contributed by atoms with van der Waals surface area (Å²) < 4.78 is 1.57. The van der Waals surface area contributed by atoms with Gasteiger partial charge in [0.15, 0.2) is 0 Å². The molecule has 7 nitrogen and oxygen atoms in total. The van der Waals surface area contributed by atoms with Gasteiger partial charge in [-0.15, -0.1) is 5.10 Å². The van der Waals surface area contributed by atoms with Crippen LogP contribution in [-0.2, 0) is 4.79 Å². The monoisotopic (exact) mass is 334 g/mol. The molecule has 8 heteroatoms. The SMILES string of the molecule is C[C@H](NC(=O)c1nc(C2CC2)n(-c2ccccc2Cl)n1)C(=O)O. The molecule has 1 amide bonds. The zero-order valence-corrected chi connectivity index (χ0v) is 13.1. The lowest BCUT2D eigenvalue weighted by molar-refractivity contribution is -0.138. The van der Waals surface area contributed by atoms with Crippen LogP contribution in [0.1, 0.15) is 42.1 Å². The van der Waals surface area contributed by atoms with Crippen molar-refractivity contribution in [2.75, 3.05) is 0 Å². The van der Waals surface area contributed by atoms with Crippen LogP contribution >= 0.6 is 11.6 Å². The van der Waals surface area contributed by atoms with E-state index < -0.39 is 17.9 Å². The summed E-state index contributed by atoms with van der Waals surface area (Å²) in [5.74, 6) is -0.873. The zero-order chi connectivity index (χ0) is 16.6. The fourth-order valence-electron chi connectivity index (χ4n) is 2.15. The molecule has 2 aromatic rings. The highest BCUT2D eigenvalue weighted by atomic mass is 35.5. The Kier molecular flexibility index (Phi) is 4.04. The van der Waals surface area contributed by atoms with Gasteiger partial charge in [-0.05, 0) is 31.9 Å². The number of aromatic nitrogens is 3. The highest BCUT2D eigenvalue weighted by Crippen LogP contribution is 2.40. The molecule has 1 heterocycles. The summed E-state index contributed by atoms with van der Waals surface area (Å²) in [7, 11) is 0. The van der Waals surface area contributed by atoms with E-state index in [1.54, 1.807) is 16.8 Å². The van der Waals surface area contributed by atoms with E-state index in [-0.39, 0.29) is 11.7 Å². The number of nitrogens with one attached hydrogen (secondary N) is 1. The van der Waals surface area contributed by atoms with Crippen LogP contribution in [0.2, 0.25) is 5.02 Å². The zero-order valence-electron chi connectivity index (χ0n) is 12.4. The predicted octanol–water partition coefficient (Wildman–Crippen LogP) is 2.00. The lowest BCUT2D eigenvalue weighted by Crippen LogP contribution is -2.38. The molecule has 0 bridgehead atoms. The third-order valence-electron chi connectivity index (χ3n) is 3.58. The summed E-state index contributed by atoms with van der Waals surface area (Å²) in [5.41, 5.74) is 0.647. The van der Waals surface area contributed by atoms with Crippen LogP contribution in [0.5, 0.6) is 0 Å². The second kappa shape index (κ2) is 6.00. The second-order valence-electron chi connectivity index (χ2n) is 5.46. The van der Waals surface area contributed by atoms with Gasteiger partial charge in [-0.2, -0.15) is 0 Å². The number of rotatable bonds is 5. The van der Waals surface area contributed by atoms with Crippen LogP contribution < -0.4 is 5.32 Å². The fourth-order valence-corrected chi connectivity index (χ4v) is 2.37. The van der Waals surface area contributed by atoms with Gasteiger partial charge >= 0.3 is 5.97 Å². The molecule has 1 aromatic carbocycles. The number of hydrogen-bond acceptors (Lipinski definition) is 4. The second-order valence-corrected chi connectivity index (χ2v) is 5.87. The third kappa shape index (κ3) is 3.19. The number of hydrogen-bond donors (Lipinski definition) is 2. The van der Waals surface area contributed by atoms with Gasteiger partial charge < -0.3 is 10.4 Å². The maximum Gasteiger partial charge on any atom is 0.325 e. The van der Waals surface area contributed by atoms with Crippen LogP contribution in [0.4, 0.5) is 0 Å². The van der Waals surface area contributed by atoms with E-state index in [1.165, 1.54) is 6.92 Å². The topological polar surface area (TPSA) is 97.1 Å². The van der Waals surface area contributed by atoms with Crippen LogP contribution in [0.15, 0.2) is 24.3 Å². The Morgan fingerprint density at radius 3 is 2.70 bits per heavy atom. The largest absolute Gasteiger partial charge is 0.480 e. The Morgan fingerprint density at radius 1 is 1.39 bits per heavy atom. The van der Waals surface area contributed by atoms with Crippen LogP contribution in [0.3, 0.4) is 0 Å². The highest BCUT2D eigenvalue weighted by Gasteiger charge is 2.32. The van der Waals surface area contributed by atoms with Gasteiger partial charge in [-0.25, -0.2) is 9.67 Å². The molecule has 0 radical (unpaired) electrons. The molecule has 1 fully saturated rings. The van der Waals surface area contributed by atoms with Crippen molar-refractivity contribution in [3.05, 3.63) is 40.9 Å². The Morgan fingerprint density at radius 2 is 2.09 bits per heavy atom. The van der Waals surface area contributed by atoms with Gasteiger partial charge in [-0.1, -0.05) is 23.7 Å². The standard InChI is InChI=1S/C15H15ClN4O3/c1-8(15(22)23)17-14(21)12-18-13(9-6-7-9)20(19-12)11-5-3-2-4-10(11)16/h2-5,8-9H,6-7H2,1H3,(H,17,21)(H,22,23)/t8-/m0/s1.